The number of halogens is 1. The molecule has 0 saturated heterocycles. The van der Waals surface area contributed by atoms with Crippen molar-refractivity contribution in [2.75, 3.05) is 0 Å². The number of nitrogens with two attached hydrogens (primary N) is 1. The highest BCUT2D eigenvalue weighted by Gasteiger charge is 2.13. The van der Waals surface area contributed by atoms with Gasteiger partial charge in [0, 0.05) is 12.1 Å². The number of rotatable bonds is 2. The van der Waals surface area contributed by atoms with Crippen molar-refractivity contribution in [1.82, 2.24) is 9.97 Å². The maximum Gasteiger partial charge on any atom is 0.175 e. The van der Waals surface area contributed by atoms with Crippen LogP contribution >= 0.6 is 15.9 Å². The molecule has 2 aromatic rings. The van der Waals surface area contributed by atoms with Crippen molar-refractivity contribution in [3.63, 3.8) is 0 Å². The highest BCUT2D eigenvalue weighted by Crippen LogP contribution is 2.29. The Morgan fingerprint density at radius 3 is 2.59 bits per heavy atom. The predicted octanol–water partition coefficient (Wildman–Crippen LogP) is 3.22. The molecule has 0 bridgehead atoms. The van der Waals surface area contributed by atoms with Crippen molar-refractivity contribution < 1.29 is 0 Å². The third-order valence-electron chi connectivity index (χ3n) is 3.27. The minimum atomic E-state index is 0.459. The van der Waals surface area contributed by atoms with E-state index in [1.54, 1.807) is 0 Å². The Morgan fingerprint density at radius 2 is 1.94 bits per heavy atom. The summed E-state index contributed by atoms with van der Waals surface area (Å²) in [7, 11) is 0. The normalized spacial score (nSPS) is 10.9. The van der Waals surface area contributed by atoms with Gasteiger partial charge in [0.2, 0.25) is 0 Å². The van der Waals surface area contributed by atoms with E-state index in [2.05, 4.69) is 58.8 Å². The van der Waals surface area contributed by atoms with Gasteiger partial charge in [0.05, 0.1) is 11.4 Å². The largest absolute Gasteiger partial charge is 0.335 e. The lowest BCUT2D eigenvalue weighted by Crippen LogP contribution is -2.00. The zero-order valence-electron chi connectivity index (χ0n) is 10.3. The Balaban J connectivity index is 2.64. The second kappa shape index (κ2) is 4.63. The molecule has 90 valence electrons. The molecule has 17 heavy (non-hydrogen) atoms. The molecule has 1 aromatic carbocycles. The molecule has 0 fully saturated rings. The monoisotopic (exact) mass is 293 g/mol. The smallest absolute Gasteiger partial charge is 0.175 e. The van der Waals surface area contributed by atoms with Crippen molar-refractivity contribution in [2.45, 2.75) is 27.3 Å². The summed E-state index contributed by atoms with van der Waals surface area (Å²) in [6, 6.07) is 4.24. The number of imidazole rings is 1. The first-order chi connectivity index (χ1) is 8.04. The predicted molar refractivity (Wildman–Crippen MR) is 73.8 cm³/mol. The summed E-state index contributed by atoms with van der Waals surface area (Å²) in [5.74, 6) is 0. The van der Waals surface area contributed by atoms with Gasteiger partial charge in [-0.1, -0.05) is 12.1 Å². The third kappa shape index (κ3) is 2.15. The highest BCUT2D eigenvalue weighted by atomic mass is 79.9. The Kier molecular flexibility index (Phi) is 3.35. The van der Waals surface area contributed by atoms with Crippen molar-refractivity contribution in [1.29, 1.82) is 0 Å². The van der Waals surface area contributed by atoms with E-state index < -0.39 is 0 Å². The number of nitrogens with one attached hydrogen (secondary N) is 1. The van der Waals surface area contributed by atoms with Crippen molar-refractivity contribution in [2.24, 2.45) is 5.73 Å². The van der Waals surface area contributed by atoms with Crippen LogP contribution in [0.5, 0.6) is 0 Å². The highest BCUT2D eigenvalue weighted by molar-refractivity contribution is 9.10. The Labute approximate surface area is 110 Å². The van der Waals surface area contributed by atoms with E-state index in [9.17, 15) is 0 Å². The molecule has 0 aliphatic carbocycles. The summed E-state index contributed by atoms with van der Waals surface area (Å²) >= 11 is 3.36. The van der Waals surface area contributed by atoms with Crippen LogP contribution in [0.25, 0.3) is 11.3 Å². The van der Waals surface area contributed by atoms with Gasteiger partial charge in [-0.2, -0.15) is 0 Å². The van der Waals surface area contributed by atoms with Gasteiger partial charge >= 0.3 is 0 Å². The van der Waals surface area contributed by atoms with Crippen LogP contribution in [-0.4, -0.2) is 9.97 Å². The summed E-state index contributed by atoms with van der Waals surface area (Å²) in [5.41, 5.74) is 12.7. The third-order valence-corrected chi connectivity index (χ3v) is 3.64. The van der Waals surface area contributed by atoms with E-state index in [-0.39, 0.29) is 0 Å². The first-order valence-electron chi connectivity index (χ1n) is 5.56. The van der Waals surface area contributed by atoms with Gasteiger partial charge in [-0.15, -0.1) is 0 Å². The molecular weight excluding hydrogens is 278 g/mol. The zero-order valence-corrected chi connectivity index (χ0v) is 11.9. The number of aromatic amines is 1. The lowest BCUT2D eigenvalue weighted by atomic mass is 9.96. The first kappa shape index (κ1) is 12.3. The van der Waals surface area contributed by atoms with Crippen LogP contribution in [0.2, 0.25) is 0 Å². The molecule has 2 rings (SSSR count). The van der Waals surface area contributed by atoms with E-state index in [0.717, 1.165) is 21.7 Å². The number of aryl methyl sites for hydroxylation is 1. The standard InChI is InChI=1S/C13H16BrN3/c1-7-4-5-10(9(3)8(7)2)12-11(6-15)16-13(14)17-12/h4-5H,6,15H2,1-3H3,(H,16,17). The van der Waals surface area contributed by atoms with Gasteiger partial charge in [-0.3, -0.25) is 0 Å². The van der Waals surface area contributed by atoms with Crippen LogP contribution in [0, 0.1) is 20.8 Å². The molecule has 1 aromatic heterocycles. The molecule has 3 nitrogen and oxygen atoms in total. The minimum Gasteiger partial charge on any atom is -0.335 e. The van der Waals surface area contributed by atoms with Crippen LogP contribution in [-0.2, 0) is 6.54 Å². The van der Waals surface area contributed by atoms with E-state index in [1.807, 2.05) is 0 Å². The topological polar surface area (TPSA) is 54.7 Å². The Bertz CT molecular complexity index is 558. The van der Waals surface area contributed by atoms with Gasteiger partial charge in [0.1, 0.15) is 0 Å². The second-order valence-corrected chi connectivity index (χ2v) is 4.99. The van der Waals surface area contributed by atoms with Gasteiger partial charge < -0.3 is 10.7 Å². The van der Waals surface area contributed by atoms with Crippen LogP contribution in [0.3, 0.4) is 0 Å². The van der Waals surface area contributed by atoms with Crippen molar-refractivity contribution in [3.8, 4) is 11.3 Å². The molecule has 0 amide bonds. The summed E-state index contributed by atoms with van der Waals surface area (Å²) in [4.78, 5) is 7.60. The minimum absolute atomic E-state index is 0.459. The van der Waals surface area contributed by atoms with Crippen LogP contribution in [0.15, 0.2) is 16.9 Å². The van der Waals surface area contributed by atoms with Gasteiger partial charge in [-0.25, -0.2) is 4.98 Å². The molecule has 0 radical (unpaired) electrons. The summed E-state index contributed by atoms with van der Waals surface area (Å²) in [6.07, 6.45) is 0. The maximum absolute atomic E-state index is 5.73. The molecule has 0 spiro atoms. The molecule has 0 aliphatic rings. The number of hydrogen-bond acceptors (Lipinski definition) is 2. The molecular formula is C13H16BrN3. The quantitative estimate of drug-likeness (QED) is 0.893. The molecule has 0 unspecified atom stereocenters. The lowest BCUT2D eigenvalue weighted by Gasteiger charge is -2.10. The molecule has 0 atom stereocenters. The summed E-state index contributed by atoms with van der Waals surface area (Å²) < 4.78 is 0.727. The fraction of sp³-hybridized carbons (Fsp3) is 0.308. The molecule has 3 N–H and O–H groups in total. The van der Waals surface area contributed by atoms with E-state index in [1.165, 1.54) is 16.7 Å². The van der Waals surface area contributed by atoms with Gasteiger partial charge in [0.15, 0.2) is 4.73 Å². The van der Waals surface area contributed by atoms with Crippen LogP contribution in [0.4, 0.5) is 0 Å². The number of aromatic nitrogens is 2. The van der Waals surface area contributed by atoms with Gasteiger partial charge in [-0.05, 0) is 53.4 Å². The maximum atomic E-state index is 5.73. The van der Waals surface area contributed by atoms with Crippen LogP contribution < -0.4 is 5.73 Å². The lowest BCUT2D eigenvalue weighted by molar-refractivity contribution is 1.01. The second-order valence-electron chi connectivity index (χ2n) is 4.24. The fourth-order valence-electron chi connectivity index (χ4n) is 1.96. The average Bonchev–Trinajstić information content (AvgIpc) is 2.67. The number of benzene rings is 1. The summed E-state index contributed by atoms with van der Waals surface area (Å²) in [5, 5.41) is 0. The Morgan fingerprint density at radius 1 is 1.24 bits per heavy atom. The first-order valence-corrected chi connectivity index (χ1v) is 6.35. The van der Waals surface area contributed by atoms with E-state index in [0.29, 0.717) is 6.54 Å². The van der Waals surface area contributed by atoms with E-state index >= 15 is 0 Å². The van der Waals surface area contributed by atoms with Gasteiger partial charge in [0.25, 0.3) is 0 Å². The van der Waals surface area contributed by atoms with Crippen molar-refractivity contribution in [3.05, 3.63) is 39.3 Å². The van der Waals surface area contributed by atoms with Crippen molar-refractivity contribution >= 4 is 15.9 Å². The zero-order chi connectivity index (χ0) is 12.6. The van der Waals surface area contributed by atoms with Crippen LogP contribution in [0.1, 0.15) is 22.4 Å². The Hall–Kier alpha value is -1.13. The number of hydrogen-bond donors (Lipinski definition) is 2. The molecule has 0 aliphatic heterocycles. The fourth-order valence-corrected chi connectivity index (χ4v) is 2.38. The average molecular weight is 294 g/mol. The molecule has 1 heterocycles. The summed E-state index contributed by atoms with van der Waals surface area (Å²) in [6.45, 7) is 6.84. The number of nitrogens with zero attached hydrogens (tertiary/aromatic N) is 1. The SMILES string of the molecule is Cc1ccc(-c2nc(Br)[nH]c2CN)c(C)c1C. The van der Waals surface area contributed by atoms with E-state index in [4.69, 9.17) is 5.73 Å². The molecule has 4 heteroatoms. The number of H-pyrrole nitrogens is 1. The molecule has 0 saturated carbocycles.